The minimum Gasteiger partial charge on any atom is -0.379 e. The van der Waals surface area contributed by atoms with Crippen LogP contribution in [0, 0.1) is 0 Å². The van der Waals surface area contributed by atoms with Gasteiger partial charge in [0.25, 0.3) is 0 Å². The van der Waals surface area contributed by atoms with E-state index in [4.69, 9.17) is 4.74 Å². The number of primary amides is 1. The normalized spacial score (nSPS) is 16.0. The number of morpholine rings is 1. The average Bonchev–Trinajstić information content (AvgIpc) is 2.08. The van der Waals surface area contributed by atoms with Gasteiger partial charge in [-0.25, -0.2) is 0 Å². The third kappa shape index (κ3) is 18.6. The quantitative estimate of drug-likeness (QED) is 0.550. The lowest BCUT2D eigenvalue weighted by Gasteiger charge is -2.21. The van der Waals surface area contributed by atoms with E-state index in [1.165, 1.54) is 6.92 Å². The van der Waals surface area contributed by atoms with E-state index in [1.807, 2.05) is 0 Å². The molecule has 1 rings (SSSR count). The molecule has 1 heterocycles. The molecule has 1 amide bonds. The summed E-state index contributed by atoms with van der Waals surface area (Å²) >= 11 is 3.53. The molecule has 1 aliphatic rings. The summed E-state index contributed by atoms with van der Waals surface area (Å²) in [5.41, 5.74) is 4.47. The van der Waals surface area contributed by atoms with Crippen molar-refractivity contribution in [1.29, 1.82) is 0 Å². The van der Waals surface area contributed by atoms with Crippen molar-refractivity contribution in [1.82, 2.24) is 4.90 Å². The molecule has 1 saturated heterocycles. The molecule has 0 spiro atoms. The Balaban J connectivity index is 0. The molecule has 0 aliphatic carbocycles. The minimum atomic E-state index is -0.333. The predicted molar refractivity (Wildman–Crippen MR) is 58.1 cm³/mol. The first kappa shape index (κ1) is 15.2. The fraction of sp³-hybridized carbons (Fsp3) is 0.875. The van der Waals surface area contributed by atoms with Gasteiger partial charge in [-0.05, 0) is 13.3 Å². The predicted octanol–water partition coefficient (Wildman–Crippen LogP) is -0.0140. The molecule has 0 aromatic rings. The Morgan fingerprint density at radius 2 is 1.69 bits per heavy atom. The van der Waals surface area contributed by atoms with Gasteiger partial charge in [-0.1, -0.05) is 0 Å². The molecule has 2 N–H and O–H groups in total. The van der Waals surface area contributed by atoms with E-state index in [-0.39, 0.29) is 5.91 Å². The smallest absolute Gasteiger partial charge is 0.214 e. The van der Waals surface area contributed by atoms with Gasteiger partial charge in [-0.15, -0.1) is 0 Å². The maximum absolute atomic E-state index is 9.22. The third-order valence-electron chi connectivity index (χ3n) is 1.23. The van der Waals surface area contributed by atoms with Crippen molar-refractivity contribution >= 4 is 18.5 Å². The van der Waals surface area contributed by atoms with Crippen molar-refractivity contribution in [2.24, 2.45) is 5.73 Å². The lowest BCUT2D eigenvalue weighted by Crippen LogP contribution is -2.32. The van der Waals surface area contributed by atoms with Gasteiger partial charge in [-0.3, -0.25) is 4.79 Å². The first-order chi connectivity index (χ1) is 6.13. The van der Waals surface area contributed by atoms with Crippen LogP contribution < -0.4 is 5.73 Å². The minimum absolute atomic E-state index is 0.333. The number of hydrogen-bond donors (Lipinski definition) is 2. The van der Waals surface area contributed by atoms with Gasteiger partial charge < -0.3 is 15.4 Å². The summed E-state index contributed by atoms with van der Waals surface area (Å²) in [7, 11) is 2.11. The van der Waals surface area contributed by atoms with Gasteiger partial charge in [0.1, 0.15) is 0 Å². The maximum Gasteiger partial charge on any atom is 0.214 e. The summed E-state index contributed by atoms with van der Waals surface area (Å²) in [6.45, 7) is 5.33. The molecule has 0 radical (unpaired) electrons. The number of nitrogens with zero attached hydrogens (tertiary/aromatic N) is 1. The summed E-state index contributed by atoms with van der Waals surface area (Å²) in [5.74, 6) is -0.333. The lowest BCUT2D eigenvalue weighted by molar-refractivity contribution is -0.115. The molecule has 0 saturated carbocycles. The zero-order valence-electron chi connectivity index (χ0n) is 8.62. The molecule has 0 atom stereocenters. The number of hydrogen-bond acceptors (Lipinski definition) is 4. The first-order valence-corrected chi connectivity index (χ1v) is 4.99. The molecular weight excluding hydrogens is 188 g/mol. The zero-order chi connectivity index (χ0) is 10.7. The molecule has 1 fully saturated rings. The molecular formula is C8H20N2O2S. The van der Waals surface area contributed by atoms with E-state index < -0.39 is 0 Å². The summed E-state index contributed by atoms with van der Waals surface area (Å²) in [6.07, 6.45) is 1.69. The summed E-state index contributed by atoms with van der Waals surface area (Å²) in [5, 5.41) is 0. The molecule has 4 nitrogen and oxygen atoms in total. The van der Waals surface area contributed by atoms with Crippen LogP contribution in [-0.4, -0.2) is 50.4 Å². The van der Waals surface area contributed by atoms with Crippen LogP contribution in [-0.2, 0) is 9.53 Å². The van der Waals surface area contributed by atoms with E-state index in [1.54, 1.807) is 6.26 Å². The Hall–Kier alpha value is -0.260. The largest absolute Gasteiger partial charge is 0.379 e. The highest BCUT2D eigenvalue weighted by Gasteiger charge is 2.02. The molecule has 13 heavy (non-hydrogen) atoms. The van der Waals surface area contributed by atoms with Crippen LogP contribution >= 0.6 is 12.6 Å². The van der Waals surface area contributed by atoms with Crippen molar-refractivity contribution in [2.45, 2.75) is 6.92 Å². The monoisotopic (exact) mass is 208 g/mol. The van der Waals surface area contributed by atoms with Crippen LogP contribution in [0.25, 0.3) is 0 Å². The van der Waals surface area contributed by atoms with Gasteiger partial charge in [0.15, 0.2) is 0 Å². The molecule has 0 aromatic carbocycles. The summed E-state index contributed by atoms with van der Waals surface area (Å²) < 4.78 is 5.10. The summed E-state index contributed by atoms with van der Waals surface area (Å²) in [4.78, 5) is 11.5. The van der Waals surface area contributed by atoms with Crippen molar-refractivity contribution in [3.63, 3.8) is 0 Å². The first-order valence-electron chi connectivity index (χ1n) is 4.10. The van der Waals surface area contributed by atoms with E-state index >= 15 is 0 Å². The number of nitrogens with two attached hydrogens (primary N) is 1. The molecule has 0 unspecified atom stereocenters. The Morgan fingerprint density at radius 3 is 1.85 bits per heavy atom. The van der Waals surface area contributed by atoms with Crippen molar-refractivity contribution in [2.75, 3.05) is 39.6 Å². The van der Waals surface area contributed by atoms with E-state index in [0.29, 0.717) is 0 Å². The molecule has 5 heteroatoms. The van der Waals surface area contributed by atoms with Gasteiger partial charge in [0.05, 0.1) is 13.2 Å². The van der Waals surface area contributed by atoms with Crippen LogP contribution in [0.5, 0.6) is 0 Å². The number of likely N-dealkylation sites (N-methyl/N-ethyl adjacent to an activating group) is 1. The van der Waals surface area contributed by atoms with E-state index in [2.05, 4.69) is 30.3 Å². The van der Waals surface area contributed by atoms with E-state index in [0.717, 1.165) is 26.3 Å². The fourth-order valence-corrected chi connectivity index (χ4v) is 0.655. The van der Waals surface area contributed by atoms with Gasteiger partial charge in [0.2, 0.25) is 5.91 Å². The number of thiol groups is 1. The van der Waals surface area contributed by atoms with Crippen LogP contribution in [0.2, 0.25) is 0 Å². The molecule has 80 valence electrons. The number of rotatable bonds is 0. The van der Waals surface area contributed by atoms with Crippen LogP contribution in [0.1, 0.15) is 6.92 Å². The van der Waals surface area contributed by atoms with Crippen molar-refractivity contribution < 1.29 is 9.53 Å². The van der Waals surface area contributed by atoms with Crippen molar-refractivity contribution in [3.05, 3.63) is 0 Å². The zero-order valence-corrected chi connectivity index (χ0v) is 9.51. The third-order valence-corrected chi connectivity index (χ3v) is 1.23. The summed E-state index contributed by atoms with van der Waals surface area (Å²) in [6, 6.07) is 0. The maximum atomic E-state index is 9.22. The van der Waals surface area contributed by atoms with Gasteiger partial charge in [-0.2, -0.15) is 12.6 Å². The topological polar surface area (TPSA) is 55.6 Å². The Bertz CT molecular complexity index is 113. The highest BCUT2D eigenvalue weighted by atomic mass is 32.1. The number of ether oxygens (including phenoxy) is 1. The number of carbonyl (C=O) groups is 1. The number of carbonyl (C=O) groups excluding carboxylic acids is 1. The highest BCUT2D eigenvalue weighted by molar-refractivity contribution is 7.79. The number of amides is 1. The lowest BCUT2D eigenvalue weighted by atomic mass is 10.5. The van der Waals surface area contributed by atoms with Gasteiger partial charge in [0, 0.05) is 20.0 Å². The van der Waals surface area contributed by atoms with E-state index in [9.17, 15) is 4.79 Å². The van der Waals surface area contributed by atoms with Gasteiger partial charge >= 0.3 is 0 Å². The SMILES string of the molecule is CC(N)=O.CN1CCOCC1.CS. The van der Waals surface area contributed by atoms with Crippen LogP contribution in [0.4, 0.5) is 0 Å². The second-order valence-corrected chi connectivity index (χ2v) is 2.53. The van der Waals surface area contributed by atoms with Crippen LogP contribution in [0.3, 0.4) is 0 Å². The highest BCUT2D eigenvalue weighted by Crippen LogP contribution is 1.89. The fourth-order valence-electron chi connectivity index (χ4n) is 0.655. The second kappa shape index (κ2) is 11.7. The Kier molecular flexibility index (Phi) is 13.7. The molecule has 0 aromatic heterocycles. The Labute approximate surface area is 85.8 Å². The Morgan fingerprint density at radius 1 is 1.38 bits per heavy atom. The van der Waals surface area contributed by atoms with Crippen LogP contribution in [0.15, 0.2) is 0 Å². The average molecular weight is 208 g/mol. The van der Waals surface area contributed by atoms with Crippen molar-refractivity contribution in [3.8, 4) is 0 Å². The molecule has 0 bridgehead atoms. The molecule has 1 aliphatic heterocycles. The standard InChI is InChI=1S/C5H11NO.C2H5NO.CH4S/c1-6-2-4-7-5-3-6;1-2(3)4;1-2/h2-5H2,1H3;1H3,(H2,3,4);2H,1H3. The second-order valence-electron chi connectivity index (χ2n) is 2.53.